The third-order valence-corrected chi connectivity index (χ3v) is 8.34. The summed E-state index contributed by atoms with van der Waals surface area (Å²) in [5.74, 6) is 2.35. The number of pyridine rings is 2. The summed E-state index contributed by atoms with van der Waals surface area (Å²) in [6.45, 7) is 6.21. The first-order chi connectivity index (χ1) is 17.5. The molecule has 1 saturated heterocycles. The van der Waals surface area contributed by atoms with Crippen molar-refractivity contribution in [2.24, 2.45) is 5.92 Å². The van der Waals surface area contributed by atoms with Crippen LogP contribution in [0.3, 0.4) is 0 Å². The van der Waals surface area contributed by atoms with Gasteiger partial charge >= 0.3 is 0 Å². The van der Waals surface area contributed by atoms with Gasteiger partial charge in [-0.05, 0) is 62.4 Å². The van der Waals surface area contributed by atoms with Crippen LogP contribution >= 0.6 is 11.3 Å². The van der Waals surface area contributed by atoms with Crippen LogP contribution in [0, 0.1) is 12.8 Å². The number of piperazine rings is 1. The molecule has 3 aromatic heterocycles. The van der Waals surface area contributed by atoms with Crippen molar-refractivity contribution in [1.82, 2.24) is 24.8 Å². The molecule has 2 amide bonds. The molecule has 188 valence electrons. The Balaban J connectivity index is 1.17. The maximum atomic E-state index is 13.0. The third kappa shape index (κ3) is 5.56. The second-order valence-electron chi connectivity index (χ2n) is 9.69. The van der Waals surface area contributed by atoms with E-state index in [9.17, 15) is 9.59 Å². The zero-order valence-corrected chi connectivity index (χ0v) is 21.6. The molecule has 0 spiro atoms. The van der Waals surface area contributed by atoms with Crippen molar-refractivity contribution >= 4 is 34.8 Å². The van der Waals surface area contributed by atoms with E-state index in [2.05, 4.69) is 10.3 Å². The standard InChI is InChI=1S/C27H32N6O2S/c1-18-10-11-28-25(16-18)31-24-5-3-4-22(30-24)23-17-29-26(36-23)20-6-8-21(9-7-20)27(35)33-14-12-32(13-15-33)19(2)34/h3-5,10-11,16-17,20-21H,6-9,12-15H2,1-2H3,(H,28,30,31)/t20-,21-. The Kier molecular flexibility index (Phi) is 7.27. The molecule has 36 heavy (non-hydrogen) atoms. The summed E-state index contributed by atoms with van der Waals surface area (Å²) in [4.78, 5) is 43.3. The van der Waals surface area contributed by atoms with Crippen LogP contribution in [-0.2, 0) is 9.59 Å². The molecule has 0 unspecified atom stereocenters. The number of carbonyl (C=O) groups excluding carboxylic acids is 2. The topological polar surface area (TPSA) is 91.3 Å². The van der Waals surface area contributed by atoms with Gasteiger partial charge in [-0.2, -0.15) is 0 Å². The molecule has 3 aromatic rings. The Morgan fingerprint density at radius 1 is 0.972 bits per heavy atom. The van der Waals surface area contributed by atoms with Crippen molar-refractivity contribution in [2.75, 3.05) is 31.5 Å². The minimum absolute atomic E-state index is 0.0872. The second-order valence-corrected chi connectivity index (χ2v) is 10.8. The average Bonchev–Trinajstić information content (AvgIpc) is 3.39. The van der Waals surface area contributed by atoms with E-state index in [1.165, 1.54) is 0 Å². The number of thiazole rings is 1. The van der Waals surface area contributed by atoms with Crippen molar-refractivity contribution in [2.45, 2.75) is 45.4 Å². The van der Waals surface area contributed by atoms with Crippen LogP contribution in [0.4, 0.5) is 11.6 Å². The molecule has 0 radical (unpaired) electrons. The molecule has 2 fully saturated rings. The van der Waals surface area contributed by atoms with E-state index in [4.69, 9.17) is 9.97 Å². The van der Waals surface area contributed by atoms with Crippen molar-refractivity contribution in [3.8, 4) is 10.6 Å². The number of amides is 2. The summed E-state index contributed by atoms with van der Waals surface area (Å²) >= 11 is 1.70. The Morgan fingerprint density at radius 2 is 1.72 bits per heavy atom. The van der Waals surface area contributed by atoms with Crippen molar-refractivity contribution in [3.63, 3.8) is 0 Å². The van der Waals surface area contributed by atoms with Gasteiger partial charge in [0.25, 0.3) is 0 Å². The fourth-order valence-electron chi connectivity index (χ4n) is 5.06. The first kappa shape index (κ1) is 24.4. The minimum Gasteiger partial charge on any atom is -0.339 e. The molecule has 5 rings (SSSR count). The van der Waals surface area contributed by atoms with E-state index >= 15 is 0 Å². The molecule has 0 bridgehead atoms. The first-order valence-corrected chi connectivity index (χ1v) is 13.4. The number of hydrogen-bond donors (Lipinski definition) is 1. The van der Waals surface area contributed by atoms with Gasteiger partial charge in [-0.1, -0.05) is 6.07 Å². The maximum Gasteiger partial charge on any atom is 0.225 e. The third-order valence-electron chi connectivity index (χ3n) is 7.16. The highest BCUT2D eigenvalue weighted by Gasteiger charge is 2.32. The normalized spacial score (nSPS) is 20.3. The molecule has 8 nitrogen and oxygen atoms in total. The average molecular weight is 505 g/mol. The van der Waals surface area contributed by atoms with Crippen LogP contribution in [0.15, 0.2) is 42.7 Å². The van der Waals surface area contributed by atoms with Gasteiger partial charge in [0.2, 0.25) is 11.8 Å². The quantitative estimate of drug-likeness (QED) is 0.545. The number of aryl methyl sites for hydroxylation is 1. The summed E-state index contributed by atoms with van der Waals surface area (Å²) in [5, 5.41) is 4.41. The molecule has 1 saturated carbocycles. The van der Waals surface area contributed by atoms with E-state index < -0.39 is 0 Å². The van der Waals surface area contributed by atoms with Crippen LogP contribution in [0.5, 0.6) is 0 Å². The molecule has 9 heteroatoms. The summed E-state index contributed by atoms with van der Waals surface area (Å²) < 4.78 is 0. The summed E-state index contributed by atoms with van der Waals surface area (Å²) in [5.41, 5.74) is 2.03. The van der Waals surface area contributed by atoms with E-state index in [1.807, 2.05) is 53.3 Å². The Hall–Kier alpha value is -3.33. The number of nitrogens with zero attached hydrogens (tertiary/aromatic N) is 5. The predicted molar refractivity (Wildman–Crippen MR) is 141 cm³/mol. The SMILES string of the molecule is CC(=O)N1CCN(C(=O)[C@H]2CC[C@H](c3ncc(-c4cccc(Nc5cc(C)ccn5)n4)s3)CC2)CC1. The summed E-state index contributed by atoms with van der Waals surface area (Å²) in [6.07, 6.45) is 7.45. The number of anilines is 2. The minimum atomic E-state index is 0.0872. The number of nitrogens with one attached hydrogen (secondary N) is 1. The first-order valence-electron chi connectivity index (χ1n) is 12.6. The second kappa shape index (κ2) is 10.7. The summed E-state index contributed by atoms with van der Waals surface area (Å²) in [6, 6.07) is 9.90. The molecular formula is C27H32N6O2S. The molecule has 4 heterocycles. The van der Waals surface area contributed by atoms with E-state index in [1.54, 1.807) is 24.5 Å². The molecular weight excluding hydrogens is 472 g/mol. The number of aromatic nitrogens is 3. The maximum absolute atomic E-state index is 13.0. The van der Waals surface area contributed by atoms with Gasteiger partial charge in [0, 0.05) is 57.3 Å². The Bertz CT molecular complexity index is 1230. The van der Waals surface area contributed by atoms with Gasteiger partial charge in [0.1, 0.15) is 11.6 Å². The van der Waals surface area contributed by atoms with Gasteiger partial charge in [0.15, 0.2) is 0 Å². The van der Waals surface area contributed by atoms with Crippen LogP contribution in [0.25, 0.3) is 10.6 Å². The molecule has 2 aliphatic rings. The zero-order chi connectivity index (χ0) is 25.1. The van der Waals surface area contributed by atoms with Gasteiger partial charge in [-0.15, -0.1) is 11.3 Å². The highest BCUT2D eigenvalue weighted by atomic mass is 32.1. The van der Waals surface area contributed by atoms with E-state index in [-0.39, 0.29) is 17.7 Å². The van der Waals surface area contributed by atoms with Gasteiger partial charge < -0.3 is 15.1 Å². The fraction of sp³-hybridized carbons (Fsp3) is 0.444. The van der Waals surface area contributed by atoms with E-state index in [0.29, 0.717) is 32.1 Å². The van der Waals surface area contributed by atoms with Gasteiger partial charge in [-0.3, -0.25) is 9.59 Å². The lowest BCUT2D eigenvalue weighted by Crippen LogP contribution is -2.51. The number of carbonyl (C=O) groups is 2. The van der Waals surface area contributed by atoms with Gasteiger partial charge in [-0.25, -0.2) is 15.0 Å². The monoisotopic (exact) mass is 504 g/mol. The van der Waals surface area contributed by atoms with Crippen LogP contribution in [-0.4, -0.2) is 62.7 Å². The predicted octanol–water partition coefficient (Wildman–Crippen LogP) is 4.62. The van der Waals surface area contributed by atoms with Gasteiger partial charge in [0.05, 0.1) is 15.6 Å². The van der Waals surface area contributed by atoms with Crippen LogP contribution < -0.4 is 5.32 Å². The molecule has 1 aliphatic carbocycles. The Labute approximate surface area is 215 Å². The Morgan fingerprint density at radius 3 is 2.44 bits per heavy atom. The number of hydrogen-bond acceptors (Lipinski definition) is 7. The molecule has 0 aromatic carbocycles. The van der Waals surface area contributed by atoms with Crippen molar-refractivity contribution in [1.29, 1.82) is 0 Å². The van der Waals surface area contributed by atoms with Crippen molar-refractivity contribution < 1.29 is 9.59 Å². The molecule has 1 N–H and O–H groups in total. The molecule has 0 atom stereocenters. The lowest BCUT2D eigenvalue weighted by Gasteiger charge is -2.37. The lowest BCUT2D eigenvalue weighted by molar-refractivity contribution is -0.142. The largest absolute Gasteiger partial charge is 0.339 e. The lowest BCUT2D eigenvalue weighted by atomic mass is 9.81. The highest BCUT2D eigenvalue weighted by Crippen LogP contribution is 2.40. The van der Waals surface area contributed by atoms with Crippen molar-refractivity contribution in [3.05, 3.63) is 53.3 Å². The van der Waals surface area contributed by atoms with E-state index in [0.717, 1.165) is 58.5 Å². The number of rotatable bonds is 5. The highest BCUT2D eigenvalue weighted by molar-refractivity contribution is 7.15. The van der Waals surface area contributed by atoms with Crippen LogP contribution in [0.2, 0.25) is 0 Å². The summed E-state index contributed by atoms with van der Waals surface area (Å²) in [7, 11) is 0. The smallest absolute Gasteiger partial charge is 0.225 e. The molecule has 1 aliphatic heterocycles. The fourth-order valence-corrected chi connectivity index (χ4v) is 6.12. The van der Waals surface area contributed by atoms with Crippen LogP contribution in [0.1, 0.15) is 49.1 Å². The zero-order valence-electron chi connectivity index (χ0n) is 20.8.